The maximum atomic E-state index is 12.1. The van der Waals surface area contributed by atoms with Crippen molar-refractivity contribution in [2.75, 3.05) is 6.54 Å². The van der Waals surface area contributed by atoms with Crippen LogP contribution in [0.25, 0.3) is 10.8 Å². The first-order valence-corrected chi connectivity index (χ1v) is 7.08. The van der Waals surface area contributed by atoms with Gasteiger partial charge in [-0.1, -0.05) is 30.3 Å². The van der Waals surface area contributed by atoms with Gasteiger partial charge < -0.3 is 15.7 Å². The topological polar surface area (TPSA) is 78.4 Å². The van der Waals surface area contributed by atoms with Gasteiger partial charge in [0.2, 0.25) is 5.91 Å². The third kappa shape index (κ3) is 3.75. The van der Waals surface area contributed by atoms with E-state index in [9.17, 15) is 14.7 Å². The predicted octanol–water partition coefficient (Wildman–Crippen LogP) is 2.19. The lowest BCUT2D eigenvalue weighted by molar-refractivity contribution is -0.121. The second-order valence-corrected chi connectivity index (χ2v) is 6.16. The van der Waals surface area contributed by atoms with E-state index in [0.29, 0.717) is 5.39 Å². The Morgan fingerprint density at radius 1 is 1.09 bits per heavy atom. The van der Waals surface area contributed by atoms with Crippen LogP contribution in [0.15, 0.2) is 36.4 Å². The molecule has 0 saturated heterocycles. The van der Waals surface area contributed by atoms with Crippen molar-refractivity contribution in [1.29, 1.82) is 0 Å². The van der Waals surface area contributed by atoms with Crippen molar-refractivity contribution in [3.63, 3.8) is 0 Å². The number of rotatable bonds is 3. The number of phenols is 1. The normalized spacial score (nSPS) is 11.2. The molecular formula is C17H20N2O3. The lowest BCUT2D eigenvalue weighted by atomic mass is 10.0. The third-order valence-electron chi connectivity index (χ3n) is 3.07. The molecule has 0 fully saturated rings. The van der Waals surface area contributed by atoms with Crippen molar-refractivity contribution in [2.45, 2.75) is 26.3 Å². The van der Waals surface area contributed by atoms with Gasteiger partial charge >= 0.3 is 0 Å². The molecular weight excluding hydrogens is 280 g/mol. The molecule has 0 atom stereocenters. The SMILES string of the molecule is CC(C)(C)NC(=O)CNC(=O)c1ccc2ccccc2c1O. The highest BCUT2D eigenvalue weighted by Gasteiger charge is 2.17. The summed E-state index contributed by atoms with van der Waals surface area (Å²) in [5, 5.41) is 16.9. The Morgan fingerprint density at radius 2 is 1.77 bits per heavy atom. The molecule has 0 unspecified atom stereocenters. The fourth-order valence-corrected chi connectivity index (χ4v) is 2.16. The van der Waals surface area contributed by atoms with Gasteiger partial charge in [-0.25, -0.2) is 0 Å². The molecule has 2 amide bonds. The molecule has 22 heavy (non-hydrogen) atoms. The van der Waals surface area contributed by atoms with Gasteiger partial charge in [-0.15, -0.1) is 0 Å². The Bertz CT molecular complexity index is 717. The van der Waals surface area contributed by atoms with Crippen molar-refractivity contribution in [1.82, 2.24) is 10.6 Å². The van der Waals surface area contributed by atoms with Crippen molar-refractivity contribution in [3.05, 3.63) is 42.0 Å². The molecule has 2 rings (SSSR count). The number of phenolic OH excluding ortho intramolecular Hbond substituents is 1. The van der Waals surface area contributed by atoms with Crippen LogP contribution in [0.1, 0.15) is 31.1 Å². The molecule has 0 aliphatic carbocycles. The van der Waals surface area contributed by atoms with Crippen molar-refractivity contribution < 1.29 is 14.7 Å². The molecule has 0 radical (unpaired) electrons. The Balaban J connectivity index is 2.10. The van der Waals surface area contributed by atoms with Gasteiger partial charge in [0, 0.05) is 10.9 Å². The molecule has 0 saturated carbocycles. The smallest absolute Gasteiger partial charge is 0.255 e. The van der Waals surface area contributed by atoms with E-state index in [4.69, 9.17) is 0 Å². The second kappa shape index (κ2) is 6.05. The van der Waals surface area contributed by atoms with Gasteiger partial charge in [-0.3, -0.25) is 9.59 Å². The predicted molar refractivity (Wildman–Crippen MR) is 85.8 cm³/mol. The first kappa shape index (κ1) is 15.8. The first-order valence-electron chi connectivity index (χ1n) is 7.08. The van der Waals surface area contributed by atoms with E-state index in [-0.39, 0.29) is 29.3 Å². The molecule has 0 aromatic heterocycles. The van der Waals surface area contributed by atoms with Crippen molar-refractivity contribution >= 4 is 22.6 Å². The van der Waals surface area contributed by atoms with Gasteiger partial charge in [-0.05, 0) is 32.2 Å². The van der Waals surface area contributed by atoms with Crippen LogP contribution in [0.2, 0.25) is 0 Å². The van der Waals surface area contributed by atoms with Crippen LogP contribution >= 0.6 is 0 Å². The average molecular weight is 300 g/mol. The summed E-state index contributed by atoms with van der Waals surface area (Å²) in [4.78, 5) is 23.8. The van der Waals surface area contributed by atoms with Crippen LogP contribution in [0.3, 0.4) is 0 Å². The van der Waals surface area contributed by atoms with Crippen molar-refractivity contribution in [3.8, 4) is 5.75 Å². The van der Waals surface area contributed by atoms with E-state index < -0.39 is 5.91 Å². The molecule has 116 valence electrons. The number of benzene rings is 2. The monoisotopic (exact) mass is 300 g/mol. The van der Waals surface area contributed by atoms with Crippen LogP contribution in [0.4, 0.5) is 0 Å². The summed E-state index contributed by atoms with van der Waals surface area (Å²) < 4.78 is 0. The number of carbonyl (C=O) groups excluding carboxylic acids is 2. The minimum Gasteiger partial charge on any atom is -0.506 e. The highest BCUT2D eigenvalue weighted by molar-refractivity contribution is 6.04. The highest BCUT2D eigenvalue weighted by atomic mass is 16.3. The summed E-state index contributed by atoms with van der Waals surface area (Å²) in [5.41, 5.74) is -0.199. The van der Waals surface area contributed by atoms with E-state index >= 15 is 0 Å². The Morgan fingerprint density at radius 3 is 2.45 bits per heavy atom. The Kier molecular flexibility index (Phi) is 4.35. The molecule has 5 heteroatoms. The van der Waals surface area contributed by atoms with Crippen LogP contribution in [-0.2, 0) is 4.79 Å². The molecule has 2 aromatic rings. The summed E-state index contributed by atoms with van der Waals surface area (Å²) >= 11 is 0. The molecule has 0 aliphatic heterocycles. The zero-order valence-corrected chi connectivity index (χ0v) is 12.9. The number of aromatic hydroxyl groups is 1. The van der Waals surface area contributed by atoms with E-state index in [1.165, 1.54) is 0 Å². The van der Waals surface area contributed by atoms with Gasteiger partial charge in [0.05, 0.1) is 12.1 Å². The number of fused-ring (bicyclic) bond motifs is 1. The molecule has 3 N–H and O–H groups in total. The number of hydrogen-bond donors (Lipinski definition) is 3. The molecule has 0 heterocycles. The fourth-order valence-electron chi connectivity index (χ4n) is 2.16. The minimum atomic E-state index is -0.479. The van der Waals surface area contributed by atoms with Gasteiger partial charge in [0.1, 0.15) is 5.75 Å². The van der Waals surface area contributed by atoms with Crippen LogP contribution < -0.4 is 10.6 Å². The maximum Gasteiger partial charge on any atom is 0.255 e. The zero-order chi connectivity index (χ0) is 16.3. The molecule has 5 nitrogen and oxygen atoms in total. The van der Waals surface area contributed by atoms with Crippen molar-refractivity contribution in [2.24, 2.45) is 0 Å². The summed E-state index contributed by atoms with van der Waals surface area (Å²) in [6.45, 7) is 5.45. The van der Waals surface area contributed by atoms with E-state index in [1.807, 2.05) is 32.9 Å². The largest absolute Gasteiger partial charge is 0.506 e. The standard InChI is InChI=1S/C17H20N2O3/c1-17(2,3)19-14(20)10-18-16(22)13-9-8-11-6-4-5-7-12(11)15(13)21/h4-9,21H,10H2,1-3H3,(H,18,22)(H,19,20). The lowest BCUT2D eigenvalue weighted by Gasteiger charge is -2.20. The zero-order valence-electron chi connectivity index (χ0n) is 12.9. The third-order valence-corrected chi connectivity index (χ3v) is 3.07. The number of carbonyl (C=O) groups is 2. The molecule has 0 bridgehead atoms. The fraction of sp³-hybridized carbons (Fsp3) is 0.294. The number of amides is 2. The quantitative estimate of drug-likeness (QED) is 0.813. The minimum absolute atomic E-state index is 0.0770. The van der Waals surface area contributed by atoms with Gasteiger partial charge in [0.25, 0.3) is 5.91 Å². The maximum absolute atomic E-state index is 12.1. The summed E-state index contributed by atoms with van der Waals surface area (Å²) in [5.74, 6) is -0.833. The Labute approximate surface area is 129 Å². The second-order valence-electron chi connectivity index (χ2n) is 6.16. The molecule has 0 aliphatic rings. The summed E-state index contributed by atoms with van der Waals surface area (Å²) in [6, 6.07) is 10.6. The Hall–Kier alpha value is -2.56. The van der Waals surface area contributed by atoms with E-state index in [2.05, 4.69) is 10.6 Å². The number of nitrogens with one attached hydrogen (secondary N) is 2. The molecule has 2 aromatic carbocycles. The summed E-state index contributed by atoms with van der Waals surface area (Å²) in [7, 11) is 0. The van der Waals surface area contributed by atoms with Gasteiger partial charge in [0.15, 0.2) is 0 Å². The number of hydrogen-bond acceptors (Lipinski definition) is 3. The van der Waals surface area contributed by atoms with Gasteiger partial charge in [-0.2, -0.15) is 0 Å². The lowest BCUT2D eigenvalue weighted by Crippen LogP contribution is -2.45. The van der Waals surface area contributed by atoms with E-state index in [0.717, 1.165) is 5.39 Å². The van der Waals surface area contributed by atoms with Crippen LogP contribution in [0, 0.1) is 0 Å². The van der Waals surface area contributed by atoms with Crippen LogP contribution in [-0.4, -0.2) is 29.0 Å². The molecule has 0 spiro atoms. The summed E-state index contributed by atoms with van der Waals surface area (Å²) in [6.07, 6.45) is 0. The van der Waals surface area contributed by atoms with Crippen LogP contribution in [0.5, 0.6) is 5.75 Å². The first-order chi connectivity index (χ1) is 10.3. The highest BCUT2D eigenvalue weighted by Crippen LogP contribution is 2.28. The average Bonchev–Trinajstić information content (AvgIpc) is 2.44. The van der Waals surface area contributed by atoms with E-state index in [1.54, 1.807) is 24.3 Å².